The van der Waals surface area contributed by atoms with Crippen LogP contribution in [0.3, 0.4) is 0 Å². The first-order valence-electron chi connectivity index (χ1n) is 14.3. The van der Waals surface area contributed by atoms with Gasteiger partial charge in [0.25, 0.3) is 0 Å². The topological polar surface area (TPSA) is 88.1 Å². The Kier molecular flexibility index (Phi) is 11.4. The molecule has 0 atom stereocenters. The zero-order valence-electron chi connectivity index (χ0n) is 24.7. The fourth-order valence-corrected chi connectivity index (χ4v) is 4.69. The molecule has 4 rings (SSSR count). The molecule has 1 fully saturated rings. The Morgan fingerprint density at radius 1 is 1.07 bits per heavy atom. The van der Waals surface area contributed by atoms with E-state index >= 15 is 0 Å². The predicted molar refractivity (Wildman–Crippen MR) is 171 cm³/mol. The molecular weight excluding hydrogens is 528 g/mol. The molecule has 0 spiro atoms. The average molecular weight is 571 g/mol. The zero-order valence-corrected chi connectivity index (χ0v) is 24.7. The van der Waals surface area contributed by atoms with Gasteiger partial charge in [0.1, 0.15) is 5.76 Å². The minimum Gasteiger partial charge on any atom is -0.494 e. The van der Waals surface area contributed by atoms with Crippen LogP contribution >= 0.6 is 0 Å². The molecule has 0 unspecified atom stereocenters. The Hall–Kier alpha value is -4.27. The molecule has 42 heavy (non-hydrogen) atoms. The molecule has 0 amide bonds. The van der Waals surface area contributed by atoms with Crippen LogP contribution in [0.25, 0.3) is 11.5 Å². The maximum absolute atomic E-state index is 8.68. The minimum atomic E-state index is 0.297. The summed E-state index contributed by atoms with van der Waals surface area (Å²) in [6.07, 6.45) is 10.6. The maximum Gasteiger partial charge on any atom is 0.161 e. The van der Waals surface area contributed by atoms with Crippen LogP contribution in [0.2, 0.25) is 0 Å². The van der Waals surface area contributed by atoms with Crippen molar-refractivity contribution in [3.63, 3.8) is 0 Å². The molecule has 8 heteroatoms. The van der Waals surface area contributed by atoms with Gasteiger partial charge in [-0.2, -0.15) is 0 Å². The Morgan fingerprint density at radius 3 is 2.57 bits per heavy atom. The van der Waals surface area contributed by atoms with Crippen molar-refractivity contribution in [2.24, 2.45) is 0 Å². The smallest absolute Gasteiger partial charge is 0.161 e. The zero-order chi connectivity index (χ0) is 29.7. The third-order valence-electron chi connectivity index (χ3n) is 7.11. The van der Waals surface area contributed by atoms with Crippen molar-refractivity contribution in [1.29, 1.82) is 5.41 Å². The summed E-state index contributed by atoms with van der Waals surface area (Å²) in [5.74, 6) is 1.99. The summed E-state index contributed by atoms with van der Waals surface area (Å²) in [4.78, 5) is 2.40. The van der Waals surface area contributed by atoms with Gasteiger partial charge in [0.2, 0.25) is 0 Å². The van der Waals surface area contributed by atoms with Crippen LogP contribution in [0.5, 0.6) is 11.5 Å². The van der Waals surface area contributed by atoms with Gasteiger partial charge in [-0.25, -0.2) is 0 Å². The van der Waals surface area contributed by atoms with E-state index in [2.05, 4.69) is 34.8 Å². The van der Waals surface area contributed by atoms with Gasteiger partial charge in [0, 0.05) is 47.8 Å². The molecule has 0 radical (unpaired) electrons. The van der Waals surface area contributed by atoms with Crippen molar-refractivity contribution >= 4 is 22.9 Å². The molecule has 2 aliphatic rings. The molecule has 0 aromatic heterocycles. The summed E-state index contributed by atoms with van der Waals surface area (Å²) in [6.45, 7) is 13.4. The van der Waals surface area contributed by atoms with Crippen LogP contribution in [0, 0.1) is 5.41 Å². The van der Waals surface area contributed by atoms with Crippen LogP contribution in [0.4, 0.5) is 5.69 Å². The molecule has 2 aliphatic heterocycles. The molecule has 1 saturated heterocycles. The Bertz CT molecular complexity index is 1340. The standard InChI is InChI=1S/C34H42N4O4/c1-25(36-29-14-11-27(12-15-29)26(2)42-20-8-17-38-18-21-41-22-19-38)31(35)24-30-9-6-5-7-10-32(37-30)28-13-16-33(39-3)34(23-28)40-4/h5,7,10-16,23-24,35-37H,1-2,6,8-9,17-22H2,3-4H3/b7-5-,30-24-,32-10-,35-31?. The second-order valence-corrected chi connectivity index (χ2v) is 10.1. The number of ether oxygens (including phenoxy) is 4. The summed E-state index contributed by atoms with van der Waals surface area (Å²) >= 11 is 0. The number of hydrogen-bond donors (Lipinski definition) is 3. The van der Waals surface area contributed by atoms with Gasteiger partial charge in [0.05, 0.1) is 45.4 Å². The van der Waals surface area contributed by atoms with E-state index in [1.54, 1.807) is 14.2 Å². The van der Waals surface area contributed by atoms with E-state index in [1.165, 1.54) is 0 Å². The highest BCUT2D eigenvalue weighted by Crippen LogP contribution is 2.30. The number of anilines is 1. The lowest BCUT2D eigenvalue weighted by atomic mass is 10.1. The maximum atomic E-state index is 8.68. The monoisotopic (exact) mass is 570 g/mol. The Labute approximate surface area is 249 Å². The van der Waals surface area contributed by atoms with E-state index < -0.39 is 0 Å². The molecule has 8 nitrogen and oxygen atoms in total. The average Bonchev–Trinajstić information content (AvgIpc) is 3.00. The Morgan fingerprint density at radius 2 is 1.83 bits per heavy atom. The fraction of sp³-hybridized carbons (Fsp3) is 0.324. The fourth-order valence-electron chi connectivity index (χ4n) is 4.69. The van der Waals surface area contributed by atoms with E-state index in [0.717, 1.165) is 80.3 Å². The van der Waals surface area contributed by atoms with Gasteiger partial charge in [-0.15, -0.1) is 0 Å². The van der Waals surface area contributed by atoms with E-state index in [0.29, 0.717) is 35.3 Å². The summed E-state index contributed by atoms with van der Waals surface area (Å²) in [7, 11) is 3.25. The summed E-state index contributed by atoms with van der Waals surface area (Å²) < 4.78 is 22.1. The number of nitrogens with one attached hydrogen (secondary N) is 3. The molecular formula is C34H42N4O4. The minimum absolute atomic E-state index is 0.297. The lowest BCUT2D eigenvalue weighted by Crippen LogP contribution is -2.37. The largest absolute Gasteiger partial charge is 0.494 e. The Balaban J connectivity index is 1.30. The number of benzene rings is 2. The summed E-state index contributed by atoms with van der Waals surface area (Å²) in [5, 5.41) is 15.4. The van der Waals surface area contributed by atoms with Crippen LogP contribution in [-0.4, -0.2) is 64.3 Å². The highest BCUT2D eigenvalue weighted by molar-refractivity contribution is 6.08. The van der Waals surface area contributed by atoms with Crippen molar-refractivity contribution in [3.05, 3.63) is 102 Å². The predicted octanol–water partition coefficient (Wildman–Crippen LogP) is 6.22. The molecule has 0 bridgehead atoms. The summed E-state index contributed by atoms with van der Waals surface area (Å²) in [6, 6.07) is 13.6. The number of hydrogen-bond acceptors (Lipinski definition) is 8. The SMILES string of the molecule is C=C(Nc1ccc(C(=C)OCCCN2CCOCC2)cc1)C(=N)/C=C1/CC/C=C\C=C(\c2ccc(OC)c(OC)c2)N1. The number of allylic oxidation sites excluding steroid dienone is 5. The molecule has 2 aromatic carbocycles. The lowest BCUT2D eigenvalue weighted by Gasteiger charge is -2.26. The van der Waals surface area contributed by atoms with E-state index in [4.69, 9.17) is 24.4 Å². The van der Waals surface area contributed by atoms with Crippen LogP contribution in [0.15, 0.2) is 91.3 Å². The van der Waals surface area contributed by atoms with Gasteiger partial charge in [-0.3, -0.25) is 10.3 Å². The first-order chi connectivity index (χ1) is 20.5. The van der Waals surface area contributed by atoms with E-state index in [-0.39, 0.29) is 0 Å². The number of nitrogens with zero attached hydrogens (tertiary/aromatic N) is 1. The quantitative estimate of drug-likeness (QED) is 0.150. The highest BCUT2D eigenvalue weighted by Gasteiger charge is 2.12. The molecule has 0 aliphatic carbocycles. The van der Waals surface area contributed by atoms with Crippen LogP contribution < -0.4 is 20.1 Å². The van der Waals surface area contributed by atoms with Crippen molar-refractivity contribution in [1.82, 2.24) is 10.2 Å². The number of rotatable bonds is 13. The number of morpholine rings is 1. The highest BCUT2D eigenvalue weighted by atomic mass is 16.5. The number of methoxy groups -OCH3 is 2. The van der Waals surface area contributed by atoms with Crippen molar-refractivity contribution in [2.75, 3.05) is 59.0 Å². The molecule has 3 N–H and O–H groups in total. The first kappa shape index (κ1) is 30.7. The van der Waals surface area contributed by atoms with Gasteiger partial charge in [-0.05, 0) is 73.9 Å². The first-order valence-corrected chi connectivity index (χ1v) is 14.3. The molecule has 222 valence electrons. The van der Waals surface area contributed by atoms with Crippen molar-refractivity contribution in [3.8, 4) is 11.5 Å². The van der Waals surface area contributed by atoms with Crippen LogP contribution in [-0.2, 0) is 9.47 Å². The van der Waals surface area contributed by atoms with Crippen molar-refractivity contribution in [2.45, 2.75) is 19.3 Å². The van der Waals surface area contributed by atoms with Gasteiger partial charge in [0.15, 0.2) is 11.5 Å². The third-order valence-corrected chi connectivity index (χ3v) is 7.11. The molecule has 2 heterocycles. The van der Waals surface area contributed by atoms with Crippen molar-refractivity contribution < 1.29 is 18.9 Å². The molecule has 2 aromatic rings. The van der Waals surface area contributed by atoms with E-state index in [1.807, 2.05) is 60.7 Å². The van der Waals surface area contributed by atoms with Gasteiger partial charge in [-0.1, -0.05) is 25.3 Å². The van der Waals surface area contributed by atoms with E-state index in [9.17, 15) is 0 Å². The van der Waals surface area contributed by atoms with Gasteiger partial charge < -0.3 is 29.6 Å². The van der Waals surface area contributed by atoms with Crippen LogP contribution in [0.1, 0.15) is 30.4 Å². The van der Waals surface area contributed by atoms with Gasteiger partial charge >= 0.3 is 0 Å². The summed E-state index contributed by atoms with van der Waals surface area (Å²) in [5.41, 5.74) is 5.35. The second kappa shape index (κ2) is 15.7. The molecule has 0 saturated carbocycles. The normalized spacial score (nSPS) is 18.4. The lowest BCUT2D eigenvalue weighted by molar-refractivity contribution is 0.0353. The second-order valence-electron chi connectivity index (χ2n) is 10.1. The third kappa shape index (κ3) is 8.86.